The maximum absolute atomic E-state index is 9.15. The van der Waals surface area contributed by atoms with E-state index in [1.165, 1.54) is 0 Å². The number of furan rings is 1. The third-order valence-corrected chi connectivity index (χ3v) is 11.6. The number of ether oxygens (including phenoxy) is 1. The normalized spacial score (nSPS) is 14.0. The van der Waals surface area contributed by atoms with Gasteiger partial charge in [0.15, 0.2) is 0 Å². The molecule has 65 heavy (non-hydrogen) atoms. The van der Waals surface area contributed by atoms with E-state index in [1.54, 1.807) is 39.5 Å². The second-order valence-electron chi connectivity index (χ2n) is 16.5. The molecular weight excluding hydrogens is 980 g/mol. The number of imidazole rings is 1. The molecule has 0 aliphatic heterocycles. The Morgan fingerprint density at radius 2 is 1.32 bits per heavy atom. The molecule has 0 spiro atoms. The molecular formula is C58H40N4O2Pt-2. The SMILES string of the molecule is [2H]c1c([2H])c([2H])c(-c2cccc(-c3c([2H])c([2H])c([2H])c([2H])c3[2H])c2-[n+]2[c-]n(-c3[c-]c(Oc4[c-]c5c(cc4)c4ccccc4n5-c4cc(C(C)(C)C)ccn4)ccc3)c3cc4oc5ccccc5c4cc32)c([2H])c1[2H].[Pt]. The van der Waals surface area contributed by atoms with Crippen LogP contribution in [0.25, 0.3) is 94.2 Å². The molecule has 0 atom stereocenters. The minimum Gasteiger partial charge on any atom is -0.510 e. The molecule has 316 valence electrons. The van der Waals surface area contributed by atoms with Crippen LogP contribution < -0.4 is 9.30 Å². The number of nitrogens with zero attached hydrogens (tertiary/aromatic N) is 4. The number of aromatic nitrogens is 4. The van der Waals surface area contributed by atoms with E-state index in [9.17, 15) is 0 Å². The maximum Gasteiger partial charge on any atom is 0.268 e. The Morgan fingerprint density at radius 3 is 2.08 bits per heavy atom. The number of hydrogen-bond acceptors (Lipinski definition) is 3. The van der Waals surface area contributed by atoms with Gasteiger partial charge in [-0.15, -0.1) is 29.7 Å². The summed E-state index contributed by atoms with van der Waals surface area (Å²) >= 11 is 0. The standard InChI is InChI=1S/C58H40N4O2.Pt/c1-58(2,3)40-30-31-59-56(32-40)62-50-26-12-10-22-46(50)47-29-28-43(34-51(47)62)63-42-21-14-20-41(33-42)60-37-61(52-35-49-48-23-11-13-27-54(48)64-55(49)36-53(52)60)57-44(38-16-6-4-7-17-38)24-15-25-45(57)39-18-8-5-9-19-39;/h4-32,35-36H,1-3H3;/q-2;/i4D,5D,6D,7D,8D,9D,16D,17D,18D,19D;. The van der Waals surface area contributed by atoms with Gasteiger partial charge in [0.05, 0.1) is 30.4 Å². The van der Waals surface area contributed by atoms with Crippen LogP contribution in [-0.2, 0) is 26.5 Å². The largest absolute Gasteiger partial charge is 0.510 e. The van der Waals surface area contributed by atoms with Crippen molar-refractivity contribution in [2.45, 2.75) is 26.2 Å². The molecule has 12 aromatic rings. The zero-order valence-corrected chi connectivity index (χ0v) is 37.3. The van der Waals surface area contributed by atoms with Crippen LogP contribution in [0.3, 0.4) is 0 Å². The number of hydrogen-bond donors (Lipinski definition) is 0. The van der Waals surface area contributed by atoms with Crippen molar-refractivity contribution in [2.75, 3.05) is 0 Å². The van der Waals surface area contributed by atoms with Gasteiger partial charge in [-0.05, 0) is 80.7 Å². The monoisotopic (exact) mass is 1030 g/mol. The van der Waals surface area contributed by atoms with Gasteiger partial charge in [-0.1, -0.05) is 141 Å². The van der Waals surface area contributed by atoms with Crippen molar-refractivity contribution < 1.29 is 48.5 Å². The van der Waals surface area contributed by atoms with Gasteiger partial charge < -0.3 is 18.3 Å². The van der Waals surface area contributed by atoms with E-state index in [0.29, 0.717) is 39.4 Å². The van der Waals surface area contributed by atoms with E-state index in [2.05, 4.69) is 62.0 Å². The summed E-state index contributed by atoms with van der Waals surface area (Å²) in [6.45, 7) is 6.50. The molecule has 7 heteroatoms. The first kappa shape index (κ1) is 30.5. The van der Waals surface area contributed by atoms with Crippen LogP contribution in [0, 0.1) is 18.5 Å². The van der Waals surface area contributed by atoms with E-state index < -0.39 is 60.4 Å². The van der Waals surface area contributed by atoms with Crippen molar-refractivity contribution in [3.8, 4) is 50.9 Å². The molecule has 0 aliphatic rings. The fraction of sp³-hybridized carbons (Fsp3) is 0.0690. The fourth-order valence-corrected chi connectivity index (χ4v) is 8.55. The number of pyridine rings is 1. The summed E-state index contributed by atoms with van der Waals surface area (Å²) in [4.78, 5) is 4.81. The summed E-state index contributed by atoms with van der Waals surface area (Å²) < 4.78 is 107. The van der Waals surface area contributed by atoms with Gasteiger partial charge in [0.2, 0.25) is 0 Å². The van der Waals surface area contributed by atoms with Crippen molar-refractivity contribution >= 4 is 54.8 Å². The molecule has 4 aromatic heterocycles. The Morgan fingerprint density at radius 1 is 0.631 bits per heavy atom. The molecule has 4 heterocycles. The van der Waals surface area contributed by atoms with Crippen molar-refractivity contribution in [2.24, 2.45) is 0 Å². The first-order valence-electron chi connectivity index (χ1n) is 25.7. The minimum atomic E-state index is -0.586. The first-order valence-corrected chi connectivity index (χ1v) is 20.7. The second kappa shape index (κ2) is 15.9. The zero-order chi connectivity index (χ0) is 51.6. The zero-order valence-electron chi connectivity index (χ0n) is 45.0. The molecule has 0 saturated heterocycles. The summed E-state index contributed by atoms with van der Waals surface area (Å²) in [5.41, 5.74) is 5.41. The van der Waals surface area contributed by atoms with E-state index in [-0.39, 0.29) is 54.4 Å². The van der Waals surface area contributed by atoms with Gasteiger partial charge in [-0.3, -0.25) is 4.57 Å². The van der Waals surface area contributed by atoms with E-state index in [0.717, 1.165) is 44.0 Å². The third-order valence-electron chi connectivity index (χ3n) is 11.6. The summed E-state index contributed by atoms with van der Waals surface area (Å²) in [6.07, 6.45) is 5.29. The molecule has 6 nitrogen and oxygen atoms in total. The molecule has 0 saturated carbocycles. The number of benzene rings is 8. The topological polar surface area (TPSA) is 49.0 Å². The van der Waals surface area contributed by atoms with Gasteiger partial charge in [-0.2, -0.15) is 18.2 Å². The van der Waals surface area contributed by atoms with Gasteiger partial charge in [0.1, 0.15) is 17.0 Å². The predicted molar refractivity (Wildman–Crippen MR) is 257 cm³/mol. The Balaban J connectivity index is 0.00000602. The maximum atomic E-state index is 9.15. The van der Waals surface area contributed by atoms with Gasteiger partial charge in [0.25, 0.3) is 6.33 Å². The second-order valence-corrected chi connectivity index (χ2v) is 16.5. The van der Waals surface area contributed by atoms with Gasteiger partial charge in [-0.25, -0.2) is 4.98 Å². The van der Waals surface area contributed by atoms with E-state index in [4.69, 9.17) is 27.8 Å². The van der Waals surface area contributed by atoms with E-state index >= 15 is 0 Å². The van der Waals surface area contributed by atoms with Gasteiger partial charge >= 0.3 is 0 Å². The van der Waals surface area contributed by atoms with Crippen molar-refractivity contribution in [1.29, 1.82) is 0 Å². The first-order chi connectivity index (χ1) is 35.5. The van der Waals surface area contributed by atoms with Gasteiger partial charge in [0, 0.05) is 55.1 Å². The van der Waals surface area contributed by atoms with Crippen molar-refractivity contribution in [3.63, 3.8) is 0 Å². The summed E-state index contributed by atoms with van der Waals surface area (Å²) in [7, 11) is 0. The summed E-state index contributed by atoms with van der Waals surface area (Å²) in [6, 6.07) is 39.1. The minimum absolute atomic E-state index is 0. The fourth-order valence-electron chi connectivity index (χ4n) is 8.55. The molecule has 0 unspecified atom stereocenters. The van der Waals surface area contributed by atoms with Crippen LogP contribution in [0.1, 0.15) is 40.0 Å². The predicted octanol–water partition coefficient (Wildman–Crippen LogP) is 14.1. The van der Waals surface area contributed by atoms with Crippen molar-refractivity contribution in [1.82, 2.24) is 14.1 Å². The van der Waals surface area contributed by atoms with Crippen LogP contribution >= 0.6 is 0 Å². The molecule has 0 fully saturated rings. The molecule has 0 radical (unpaired) electrons. The van der Waals surface area contributed by atoms with Crippen LogP contribution in [0.4, 0.5) is 0 Å². The van der Waals surface area contributed by atoms with Crippen LogP contribution in [0.5, 0.6) is 11.5 Å². The average molecular weight is 1030 g/mol. The molecule has 8 aromatic carbocycles. The molecule has 0 amide bonds. The Kier molecular flexibility index (Phi) is 7.48. The van der Waals surface area contributed by atoms with Crippen LogP contribution in [0.2, 0.25) is 0 Å². The Hall–Kier alpha value is -7.53. The number of rotatable bonds is 7. The number of fused-ring (bicyclic) bond motifs is 7. The average Bonchev–Trinajstić information content (AvgIpc) is 4.07. The quantitative estimate of drug-likeness (QED) is 0.118. The van der Waals surface area contributed by atoms with Crippen LogP contribution in [-0.4, -0.2) is 14.1 Å². The summed E-state index contributed by atoms with van der Waals surface area (Å²) in [5, 5.41) is 3.53. The third kappa shape index (κ3) is 6.93. The molecule has 12 rings (SSSR count). The Labute approximate surface area is 404 Å². The summed E-state index contributed by atoms with van der Waals surface area (Å²) in [5.74, 6) is 1.49. The van der Waals surface area contributed by atoms with Crippen molar-refractivity contribution in [3.05, 3.63) is 212 Å². The molecule has 0 aliphatic carbocycles. The van der Waals surface area contributed by atoms with Crippen LogP contribution in [0.15, 0.2) is 192 Å². The molecule has 0 bridgehead atoms. The van der Waals surface area contributed by atoms with E-state index in [1.807, 2.05) is 79.0 Å². The molecule has 0 N–H and O–H groups in total. The Bertz CT molecular complexity index is 4220. The number of para-hydroxylation sites is 3. The smallest absolute Gasteiger partial charge is 0.268 e.